The van der Waals surface area contributed by atoms with Crippen LogP contribution in [0.25, 0.3) is 11.4 Å². The van der Waals surface area contributed by atoms with Crippen LogP contribution in [0.15, 0.2) is 24.3 Å². The Kier molecular flexibility index (Phi) is 3.25. The Morgan fingerprint density at radius 1 is 1.28 bits per heavy atom. The van der Waals surface area contributed by atoms with Gasteiger partial charge in [0.2, 0.25) is 0 Å². The van der Waals surface area contributed by atoms with E-state index >= 15 is 0 Å². The molecule has 1 heterocycles. The van der Waals surface area contributed by atoms with Crippen molar-refractivity contribution in [1.29, 1.82) is 0 Å². The predicted molar refractivity (Wildman–Crippen MR) is 71.3 cm³/mol. The third-order valence-corrected chi connectivity index (χ3v) is 2.96. The fourth-order valence-corrected chi connectivity index (χ4v) is 1.81. The fourth-order valence-electron chi connectivity index (χ4n) is 1.60. The monoisotopic (exact) mass is 260 g/mol. The number of benzene rings is 1. The van der Waals surface area contributed by atoms with Crippen LogP contribution < -0.4 is 0 Å². The van der Waals surface area contributed by atoms with Crippen LogP contribution in [0.5, 0.6) is 0 Å². The van der Waals surface area contributed by atoms with Gasteiger partial charge in [0.1, 0.15) is 16.2 Å². The summed E-state index contributed by atoms with van der Waals surface area (Å²) in [7, 11) is 0. The predicted octanol–water partition coefficient (Wildman–Crippen LogP) is 3.12. The van der Waals surface area contributed by atoms with Crippen LogP contribution in [0.4, 0.5) is 0 Å². The van der Waals surface area contributed by atoms with Gasteiger partial charge in [-0.2, -0.15) is 0 Å². The van der Waals surface area contributed by atoms with Crippen LogP contribution >= 0.6 is 12.2 Å². The average Bonchev–Trinajstić information content (AvgIpc) is 2.31. The molecule has 0 atom stereocenters. The van der Waals surface area contributed by atoms with Crippen LogP contribution in [0, 0.1) is 18.5 Å². The van der Waals surface area contributed by atoms with Gasteiger partial charge in [0.25, 0.3) is 0 Å². The lowest BCUT2D eigenvalue weighted by Crippen LogP contribution is -2.03. The maximum atomic E-state index is 11.0. The summed E-state index contributed by atoms with van der Waals surface area (Å²) in [4.78, 5) is 17.9. The minimum Gasteiger partial charge on any atom is -0.477 e. The van der Waals surface area contributed by atoms with Crippen LogP contribution in [0.1, 0.15) is 21.6 Å². The number of nitrogens with one attached hydrogen (secondary N) is 1. The Labute approximate surface area is 109 Å². The topological polar surface area (TPSA) is 66.0 Å². The van der Waals surface area contributed by atoms with Crippen molar-refractivity contribution in [3.05, 3.63) is 45.7 Å². The molecule has 0 aliphatic rings. The van der Waals surface area contributed by atoms with Crippen molar-refractivity contribution < 1.29 is 9.90 Å². The average molecular weight is 260 g/mol. The van der Waals surface area contributed by atoms with Gasteiger partial charge in [-0.1, -0.05) is 24.4 Å². The smallest absolute Gasteiger partial charge is 0.352 e. The summed E-state index contributed by atoms with van der Waals surface area (Å²) < 4.78 is 0.263. The lowest BCUT2D eigenvalue weighted by molar-refractivity contribution is 0.0690. The first-order valence-electron chi connectivity index (χ1n) is 5.39. The molecule has 1 aromatic carbocycles. The first-order chi connectivity index (χ1) is 8.47. The van der Waals surface area contributed by atoms with Crippen molar-refractivity contribution in [2.45, 2.75) is 13.8 Å². The molecular formula is C13H12N2O2S. The van der Waals surface area contributed by atoms with E-state index < -0.39 is 5.97 Å². The lowest BCUT2D eigenvalue weighted by atomic mass is 10.1. The van der Waals surface area contributed by atoms with Crippen molar-refractivity contribution in [1.82, 2.24) is 9.97 Å². The minimum absolute atomic E-state index is 0.0447. The standard InChI is InChI=1S/C13H12N2O2S/c1-7-3-4-9(5-8(7)2)12-14-10(13(16)17)6-11(18)15-12/h3-6H,1-2H3,(H,16,17)(H,14,15,18). The summed E-state index contributed by atoms with van der Waals surface area (Å²) in [5.41, 5.74) is 3.16. The third kappa shape index (κ3) is 2.46. The quantitative estimate of drug-likeness (QED) is 0.814. The number of rotatable bonds is 2. The molecule has 0 aliphatic carbocycles. The van der Waals surface area contributed by atoms with Gasteiger partial charge in [-0.15, -0.1) is 0 Å². The van der Waals surface area contributed by atoms with Crippen LogP contribution in [-0.4, -0.2) is 21.0 Å². The second-order valence-electron chi connectivity index (χ2n) is 4.09. The zero-order valence-corrected chi connectivity index (χ0v) is 10.8. The molecule has 0 aliphatic heterocycles. The molecule has 1 aromatic heterocycles. The molecule has 2 aromatic rings. The highest BCUT2D eigenvalue weighted by Gasteiger charge is 2.08. The lowest BCUT2D eigenvalue weighted by Gasteiger charge is -2.06. The second-order valence-corrected chi connectivity index (χ2v) is 4.50. The van der Waals surface area contributed by atoms with Crippen molar-refractivity contribution in [3.8, 4) is 11.4 Å². The van der Waals surface area contributed by atoms with E-state index in [0.717, 1.165) is 11.1 Å². The van der Waals surface area contributed by atoms with Crippen molar-refractivity contribution >= 4 is 18.2 Å². The molecule has 0 amide bonds. The summed E-state index contributed by atoms with van der Waals surface area (Å²) >= 11 is 4.97. The highest BCUT2D eigenvalue weighted by Crippen LogP contribution is 2.19. The molecule has 18 heavy (non-hydrogen) atoms. The second kappa shape index (κ2) is 4.70. The molecule has 2 rings (SSSR count). The van der Waals surface area contributed by atoms with Gasteiger partial charge < -0.3 is 10.1 Å². The molecule has 5 heteroatoms. The van der Waals surface area contributed by atoms with E-state index in [1.165, 1.54) is 11.6 Å². The largest absolute Gasteiger partial charge is 0.477 e. The van der Waals surface area contributed by atoms with Crippen LogP contribution in [-0.2, 0) is 0 Å². The number of nitrogens with zero attached hydrogens (tertiary/aromatic N) is 1. The third-order valence-electron chi connectivity index (χ3n) is 2.75. The van der Waals surface area contributed by atoms with Crippen molar-refractivity contribution in [3.63, 3.8) is 0 Å². The summed E-state index contributed by atoms with van der Waals surface area (Å²) in [6.07, 6.45) is 0. The molecular weight excluding hydrogens is 248 g/mol. The Hall–Kier alpha value is -2.01. The van der Waals surface area contributed by atoms with E-state index in [4.69, 9.17) is 17.3 Å². The number of carbonyl (C=O) groups is 1. The van der Waals surface area contributed by atoms with E-state index in [0.29, 0.717) is 5.82 Å². The number of hydrogen-bond donors (Lipinski definition) is 2. The van der Waals surface area contributed by atoms with Gasteiger partial charge in [-0.05, 0) is 31.0 Å². The van der Waals surface area contributed by atoms with Gasteiger partial charge in [0.05, 0.1) is 0 Å². The number of carboxylic acid groups (broad SMARTS) is 1. The van der Waals surface area contributed by atoms with E-state index in [-0.39, 0.29) is 10.3 Å². The van der Waals surface area contributed by atoms with Gasteiger partial charge in [-0.25, -0.2) is 9.78 Å². The number of H-pyrrole nitrogens is 1. The van der Waals surface area contributed by atoms with Gasteiger partial charge in [-0.3, -0.25) is 0 Å². The molecule has 0 radical (unpaired) electrons. The molecule has 0 fully saturated rings. The Morgan fingerprint density at radius 3 is 2.61 bits per heavy atom. The molecule has 0 spiro atoms. The van der Waals surface area contributed by atoms with Gasteiger partial charge in [0, 0.05) is 11.6 Å². The number of carboxylic acids is 1. The number of aromatic amines is 1. The summed E-state index contributed by atoms with van der Waals surface area (Å²) in [6, 6.07) is 7.15. The Bertz CT molecular complexity index is 677. The molecule has 0 saturated heterocycles. The normalized spacial score (nSPS) is 10.3. The van der Waals surface area contributed by atoms with Gasteiger partial charge >= 0.3 is 5.97 Å². The van der Waals surface area contributed by atoms with Gasteiger partial charge in [0.15, 0.2) is 0 Å². The molecule has 92 valence electrons. The van der Waals surface area contributed by atoms with E-state index in [1.54, 1.807) is 0 Å². The highest BCUT2D eigenvalue weighted by atomic mass is 32.1. The van der Waals surface area contributed by atoms with E-state index in [2.05, 4.69) is 9.97 Å². The first kappa shape index (κ1) is 12.4. The van der Waals surface area contributed by atoms with E-state index in [1.807, 2.05) is 32.0 Å². The zero-order chi connectivity index (χ0) is 13.3. The summed E-state index contributed by atoms with van der Waals surface area (Å²) in [5.74, 6) is -0.573. The van der Waals surface area contributed by atoms with E-state index in [9.17, 15) is 4.79 Å². The minimum atomic E-state index is -1.05. The number of hydrogen-bond acceptors (Lipinski definition) is 3. The maximum absolute atomic E-state index is 11.0. The highest BCUT2D eigenvalue weighted by molar-refractivity contribution is 7.71. The fraction of sp³-hybridized carbons (Fsp3) is 0.154. The Morgan fingerprint density at radius 2 is 2.00 bits per heavy atom. The zero-order valence-electron chi connectivity index (χ0n) is 10.0. The maximum Gasteiger partial charge on any atom is 0.352 e. The summed E-state index contributed by atoms with van der Waals surface area (Å²) in [6.45, 7) is 4.01. The van der Waals surface area contributed by atoms with Crippen molar-refractivity contribution in [2.24, 2.45) is 0 Å². The molecule has 0 unspecified atom stereocenters. The van der Waals surface area contributed by atoms with Crippen LogP contribution in [0.2, 0.25) is 0 Å². The number of aryl methyl sites for hydroxylation is 2. The number of aromatic carboxylic acids is 1. The van der Waals surface area contributed by atoms with Crippen molar-refractivity contribution in [2.75, 3.05) is 0 Å². The Balaban J connectivity index is 2.60. The SMILES string of the molecule is Cc1ccc(-c2nc(=S)cc(C(=O)O)[nH]2)cc1C. The molecule has 2 N–H and O–H groups in total. The summed E-state index contributed by atoms with van der Waals surface area (Å²) in [5, 5.41) is 8.97. The van der Waals surface area contributed by atoms with Crippen LogP contribution in [0.3, 0.4) is 0 Å². The molecule has 4 nitrogen and oxygen atoms in total. The molecule has 0 bridgehead atoms. The first-order valence-corrected chi connectivity index (χ1v) is 5.80. The number of aromatic nitrogens is 2. The molecule has 0 saturated carbocycles.